The highest BCUT2D eigenvalue weighted by Gasteiger charge is 2.26. The van der Waals surface area contributed by atoms with E-state index in [4.69, 9.17) is 9.15 Å². The molecule has 0 amide bonds. The van der Waals surface area contributed by atoms with Crippen molar-refractivity contribution < 1.29 is 9.15 Å². The predicted octanol–water partition coefficient (Wildman–Crippen LogP) is 2.13. The van der Waals surface area contributed by atoms with E-state index in [1.807, 2.05) is 29.8 Å². The second-order valence-electron chi connectivity index (χ2n) is 5.65. The molecule has 0 aliphatic carbocycles. The first-order chi connectivity index (χ1) is 10.8. The Kier molecular flexibility index (Phi) is 3.40. The zero-order valence-corrected chi connectivity index (χ0v) is 12.5. The lowest BCUT2D eigenvalue weighted by Crippen LogP contribution is -2.38. The molecule has 1 fully saturated rings. The summed E-state index contributed by atoms with van der Waals surface area (Å²) in [7, 11) is 1.94. The Balaban J connectivity index is 1.49. The first kappa shape index (κ1) is 13.5. The third-order valence-electron chi connectivity index (χ3n) is 4.04. The maximum Gasteiger partial charge on any atom is 0.163 e. The number of aryl methyl sites for hydroxylation is 1. The SMILES string of the molecule is Cn1cnnc1[C@@H]1CN(Cc2cc3ccccc3o2)CCO1. The third-order valence-corrected chi connectivity index (χ3v) is 4.04. The summed E-state index contributed by atoms with van der Waals surface area (Å²) in [6.07, 6.45) is 1.67. The van der Waals surface area contributed by atoms with Crippen molar-refractivity contribution >= 4 is 11.0 Å². The van der Waals surface area contributed by atoms with Crippen LogP contribution in [0.2, 0.25) is 0 Å². The van der Waals surface area contributed by atoms with Crippen LogP contribution in [0.5, 0.6) is 0 Å². The zero-order chi connectivity index (χ0) is 14.9. The van der Waals surface area contributed by atoms with Crippen molar-refractivity contribution in [2.75, 3.05) is 19.7 Å². The molecule has 6 nitrogen and oxygen atoms in total. The molecule has 0 unspecified atom stereocenters. The molecule has 1 aromatic carbocycles. The first-order valence-corrected chi connectivity index (χ1v) is 7.45. The maximum atomic E-state index is 5.90. The Hall–Kier alpha value is -2.18. The second-order valence-corrected chi connectivity index (χ2v) is 5.65. The molecular weight excluding hydrogens is 280 g/mol. The Bertz CT molecular complexity index is 746. The molecule has 1 aliphatic rings. The average molecular weight is 298 g/mol. The fraction of sp³-hybridized carbons (Fsp3) is 0.375. The Labute approximate surface area is 128 Å². The monoisotopic (exact) mass is 298 g/mol. The number of morpholine rings is 1. The quantitative estimate of drug-likeness (QED) is 0.741. The number of ether oxygens (including phenoxy) is 1. The fourth-order valence-corrected chi connectivity index (χ4v) is 2.92. The fourth-order valence-electron chi connectivity index (χ4n) is 2.92. The molecule has 2 aromatic heterocycles. The van der Waals surface area contributed by atoms with Gasteiger partial charge in [-0.15, -0.1) is 10.2 Å². The Morgan fingerprint density at radius 3 is 3.05 bits per heavy atom. The summed E-state index contributed by atoms with van der Waals surface area (Å²) >= 11 is 0. The number of nitrogens with zero attached hydrogens (tertiary/aromatic N) is 4. The lowest BCUT2D eigenvalue weighted by Gasteiger charge is -2.31. The van der Waals surface area contributed by atoms with Gasteiger partial charge in [0.15, 0.2) is 5.82 Å². The highest BCUT2D eigenvalue weighted by molar-refractivity contribution is 5.77. The van der Waals surface area contributed by atoms with Crippen LogP contribution in [0.4, 0.5) is 0 Å². The predicted molar refractivity (Wildman–Crippen MR) is 81.2 cm³/mol. The second kappa shape index (κ2) is 5.55. The topological polar surface area (TPSA) is 56.3 Å². The van der Waals surface area contributed by atoms with Crippen molar-refractivity contribution in [3.63, 3.8) is 0 Å². The summed E-state index contributed by atoms with van der Waals surface area (Å²) < 4.78 is 13.7. The molecule has 3 aromatic rings. The van der Waals surface area contributed by atoms with Crippen molar-refractivity contribution in [3.05, 3.63) is 48.2 Å². The molecule has 1 atom stereocenters. The van der Waals surface area contributed by atoms with Crippen molar-refractivity contribution in [2.45, 2.75) is 12.6 Å². The van der Waals surface area contributed by atoms with Gasteiger partial charge in [0, 0.05) is 25.5 Å². The smallest absolute Gasteiger partial charge is 0.163 e. The van der Waals surface area contributed by atoms with Gasteiger partial charge in [0.1, 0.15) is 23.8 Å². The van der Waals surface area contributed by atoms with Crippen molar-refractivity contribution in [1.82, 2.24) is 19.7 Å². The molecular formula is C16H18N4O2. The molecule has 0 saturated carbocycles. The number of rotatable bonds is 3. The minimum atomic E-state index is -0.0365. The summed E-state index contributed by atoms with van der Waals surface area (Å²) in [5, 5.41) is 9.23. The Morgan fingerprint density at radius 1 is 1.32 bits per heavy atom. The lowest BCUT2D eigenvalue weighted by atomic mass is 10.2. The van der Waals surface area contributed by atoms with Gasteiger partial charge < -0.3 is 13.7 Å². The molecule has 0 N–H and O–H groups in total. The molecule has 3 heterocycles. The molecule has 0 bridgehead atoms. The van der Waals surface area contributed by atoms with Gasteiger partial charge in [-0.25, -0.2) is 0 Å². The molecule has 0 radical (unpaired) electrons. The third kappa shape index (κ3) is 2.51. The van der Waals surface area contributed by atoms with Gasteiger partial charge in [0.05, 0.1) is 13.2 Å². The number of aromatic nitrogens is 3. The van der Waals surface area contributed by atoms with Crippen LogP contribution in [-0.4, -0.2) is 39.4 Å². The molecule has 22 heavy (non-hydrogen) atoms. The highest BCUT2D eigenvalue weighted by atomic mass is 16.5. The molecule has 114 valence electrons. The van der Waals surface area contributed by atoms with E-state index in [1.165, 1.54) is 0 Å². The minimum absolute atomic E-state index is 0.0365. The minimum Gasteiger partial charge on any atom is -0.460 e. The standard InChI is InChI=1S/C16H18N4O2/c1-19-11-17-18-16(19)15-10-20(6-7-21-15)9-13-8-12-4-2-3-5-14(12)22-13/h2-5,8,11,15H,6-7,9-10H2,1H3/t15-/m0/s1. The van der Waals surface area contributed by atoms with Crippen LogP contribution < -0.4 is 0 Å². The summed E-state index contributed by atoms with van der Waals surface area (Å²) in [4.78, 5) is 2.33. The van der Waals surface area contributed by atoms with E-state index in [9.17, 15) is 0 Å². The van der Waals surface area contributed by atoms with Gasteiger partial charge in [0.2, 0.25) is 0 Å². The van der Waals surface area contributed by atoms with Gasteiger partial charge in [-0.05, 0) is 12.1 Å². The normalized spacial score (nSPS) is 19.8. The number of para-hydroxylation sites is 1. The highest BCUT2D eigenvalue weighted by Crippen LogP contribution is 2.24. The maximum absolute atomic E-state index is 5.90. The van der Waals surface area contributed by atoms with E-state index in [0.717, 1.165) is 42.2 Å². The van der Waals surface area contributed by atoms with Crippen LogP contribution in [0, 0.1) is 0 Å². The van der Waals surface area contributed by atoms with Gasteiger partial charge in [-0.1, -0.05) is 18.2 Å². The number of fused-ring (bicyclic) bond motifs is 1. The van der Waals surface area contributed by atoms with Crippen molar-refractivity contribution in [2.24, 2.45) is 7.05 Å². The zero-order valence-electron chi connectivity index (χ0n) is 12.5. The molecule has 6 heteroatoms. The molecule has 4 rings (SSSR count). The van der Waals surface area contributed by atoms with E-state index in [0.29, 0.717) is 6.61 Å². The number of hydrogen-bond donors (Lipinski definition) is 0. The van der Waals surface area contributed by atoms with Crippen LogP contribution >= 0.6 is 0 Å². The van der Waals surface area contributed by atoms with Crippen LogP contribution in [0.1, 0.15) is 17.7 Å². The van der Waals surface area contributed by atoms with Gasteiger partial charge in [-0.3, -0.25) is 4.90 Å². The van der Waals surface area contributed by atoms with Crippen LogP contribution in [0.25, 0.3) is 11.0 Å². The number of benzene rings is 1. The van der Waals surface area contributed by atoms with Crippen molar-refractivity contribution in [3.8, 4) is 0 Å². The largest absolute Gasteiger partial charge is 0.460 e. The lowest BCUT2D eigenvalue weighted by molar-refractivity contribution is -0.0401. The Morgan fingerprint density at radius 2 is 2.23 bits per heavy atom. The molecule has 0 spiro atoms. The van der Waals surface area contributed by atoms with Gasteiger partial charge in [-0.2, -0.15) is 0 Å². The summed E-state index contributed by atoms with van der Waals surface area (Å²) in [5.74, 6) is 1.86. The summed E-state index contributed by atoms with van der Waals surface area (Å²) in [6.45, 7) is 3.17. The van der Waals surface area contributed by atoms with Crippen LogP contribution in [-0.2, 0) is 18.3 Å². The molecule has 1 aliphatic heterocycles. The average Bonchev–Trinajstić information content (AvgIpc) is 3.12. The summed E-state index contributed by atoms with van der Waals surface area (Å²) in [6, 6.07) is 10.2. The van der Waals surface area contributed by atoms with E-state index in [-0.39, 0.29) is 6.10 Å². The number of furan rings is 1. The van der Waals surface area contributed by atoms with Gasteiger partial charge >= 0.3 is 0 Å². The van der Waals surface area contributed by atoms with E-state index >= 15 is 0 Å². The van der Waals surface area contributed by atoms with E-state index < -0.39 is 0 Å². The van der Waals surface area contributed by atoms with Gasteiger partial charge in [0.25, 0.3) is 0 Å². The summed E-state index contributed by atoms with van der Waals surface area (Å²) in [5.41, 5.74) is 0.940. The van der Waals surface area contributed by atoms with Crippen LogP contribution in [0.15, 0.2) is 41.1 Å². The van der Waals surface area contributed by atoms with E-state index in [2.05, 4.69) is 27.2 Å². The van der Waals surface area contributed by atoms with E-state index in [1.54, 1.807) is 6.33 Å². The molecule has 1 saturated heterocycles. The first-order valence-electron chi connectivity index (χ1n) is 7.45. The van der Waals surface area contributed by atoms with Crippen molar-refractivity contribution in [1.29, 1.82) is 0 Å². The number of hydrogen-bond acceptors (Lipinski definition) is 5. The van der Waals surface area contributed by atoms with Crippen LogP contribution in [0.3, 0.4) is 0 Å².